The third-order valence-corrected chi connectivity index (χ3v) is 12.1. The van der Waals surface area contributed by atoms with E-state index >= 15 is 0 Å². The summed E-state index contributed by atoms with van der Waals surface area (Å²) in [5, 5.41) is 12.0. The monoisotopic (exact) mass is 533 g/mol. The number of aliphatic hydroxyl groups excluding tert-OH is 1. The second kappa shape index (κ2) is 7.32. The molecule has 9 aliphatic rings. The van der Waals surface area contributed by atoms with Gasteiger partial charge in [-0.25, -0.2) is 4.79 Å². The number of aliphatic hydroxyl groups is 1. The Morgan fingerprint density at radius 3 is 2.44 bits per heavy atom. The first-order valence-corrected chi connectivity index (χ1v) is 14.3. The van der Waals surface area contributed by atoms with Gasteiger partial charge in [0.1, 0.15) is 18.3 Å². The Kier molecular flexibility index (Phi) is 4.53. The molecule has 10 rings (SSSR count). The molecule has 3 aliphatic heterocycles. The van der Waals surface area contributed by atoms with Gasteiger partial charge in [0.15, 0.2) is 0 Å². The second-order valence-electron chi connectivity index (χ2n) is 13.7. The lowest BCUT2D eigenvalue weighted by atomic mass is 9.39. The molecule has 2 spiro atoms. The number of hydrogen-bond donors (Lipinski definition) is 1. The zero-order valence-electron chi connectivity index (χ0n) is 22.5. The van der Waals surface area contributed by atoms with E-state index in [0.717, 1.165) is 25.0 Å². The van der Waals surface area contributed by atoms with E-state index in [-0.39, 0.29) is 40.5 Å². The number of carbonyl (C=O) groups excluding carboxylic acids is 3. The van der Waals surface area contributed by atoms with Crippen molar-refractivity contribution < 1.29 is 33.7 Å². The summed E-state index contributed by atoms with van der Waals surface area (Å²) in [5.41, 5.74) is 0.359. The number of benzene rings is 1. The van der Waals surface area contributed by atoms with Gasteiger partial charge in [-0.15, -0.1) is 0 Å². The quantitative estimate of drug-likeness (QED) is 0.358. The second-order valence-corrected chi connectivity index (χ2v) is 13.7. The summed E-state index contributed by atoms with van der Waals surface area (Å²) < 4.78 is 18.6. The Labute approximate surface area is 227 Å². The number of rotatable bonds is 4. The SMILES string of the molecule is C=C1C[C@@]23C[C@H]4[C@@H]5[C@]6(C)C[C@H](OC(C)=O)[C@@H](OC(C)=O)[C@@]57[C@@H]2[C@@H](OC(=O)c2ccccc2)C1[C@H](O)[C@@H]3[C@H]7N4C6. The number of hydrogen-bond acceptors (Lipinski definition) is 8. The van der Waals surface area contributed by atoms with Gasteiger partial charge in [0, 0.05) is 55.6 Å². The number of fused-ring (bicyclic) bond motifs is 1. The molecule has 9 bridgehead atoms. The van der Waals surface area contributed by atoms with Crippen LogP contribution >= 0.6 is 0 Å². The minimum absolute atomic E-state index is 0.0342. The molecule has 0 aromatic heterocycles. The summed E-state index contributed by atoms with van der Waals surface area (Å²) >= 11 is 0. The molecular formula is C31H35NO7. The summed E-state index contributed by atoms with van der Waals surface area (Å²) in [6, 6.07) is 9.22. The Morgan fingerprint density at radius 1 is 1.03 bits per heavy atom. The fourth-order valence-corrected chi connectivity index (χ4v) is 12.1. The van der Waals surface area contributed by atoms with E-state index in [1.165, 1.54) is 13.8 Å². The summed E-state index contributed by atoms with van der Waals surface area (Å²) in [4.78, 5) is 41.2. The predicted molar refractivity (Wildman–Crippen MR) is 137 cm³/mol. The van der Waals surface area contributed by atoms with E-state index in [0.29, 0.717) is 18.0 Å². The van der Waals surface area contributed by atoms with Crippen molar-refractivity contribution in [1.29, 1.82) is 0 Å². The normalized spacial score (nSPS) is 52.6. The Bertz CT molecular complexity index is 1330. The standard InChI is InChI=1S/C31H35NO7/c1-14-10-30-11-18-24-29(4)12-19(37-15(2)33)27(38-16(3)34)31(24)25(30)23(39-28(36)17-8-6-5-7-9-17)20(14)22(35)21(30)26(31)32(18)13-29/h5-9,18-27,35H,1,10-13H2,2-4H3/t18-,19-,20?,21+,22-,23-,24+,25+,26+,27+,29+,30-,31+/m0/s1. The molecule has 14 atom stereocenters. The van der Waals surface area contributed by atoms with Crippen LogP contribution in [0.4, 0.5) is 0 Å². The first-order chi connectivity index (χ1) is 18.5. The number of piperidine rings is 2. The topological polar surface area (TPSA) is 102 Å². The maximum atomic E-state index is 13.6. The van der Waals surface area contributed by atoms with Crippen molar-refractivity contribution in [2.75, 3.05) is 6.54 Å². The molecule has 6 saturated carbocycles. The maximum absolute atomic E-state index is 13.6. The molecule has 3 heterocycles. The van der Waals surface area contributed by atoms with Crippen LogP contribution in [0.1, 0.15) is 50.4 Å². The summed E-state index contributed by atoms with van der Waals surface area (Å²) in [7, 11) is 0. The highest BCUT2D eigenvalue weighted by Crippen LogP contribution is 2.87. The first-order valence-electron chi connectivity index (χ1n) is 14.3. The van der Waals surface area contributed by atoms with Gasteiger partial charge in [-0.3, -0.25) is 14.5 Å². The van der Waals surface area contributed by atoms with Crippen LogP contribution in [0.2, 0.25) is 0 Å². The fourth-order valence-electron chi connectivity index (χ4n) is 12.1. The van der Waals surface area contributed by atoms with Crippen molar-refractivity contribution in [3.05, 3.63) is 48.0 Å². The lowest BCUT2D eigenvalue weighted by Gasteiger charge is -2.67. The van der Waals surface area contributed by atoms with Gasteiger partial charge in [0.2, 0.25) is 0 Å². The van der Waals surface area contributed by atoms with Crippen LogP contribution in [-0.4, -0.2) is 71.0 Å². The van der Waals surface area contributed by atoms with E-state index in [9.17, 15) is 19.5 Å². The Hall–Kier alpha value is -2.71. The van der Waals surface area contributed by atoms with Crippen LogP contribution in [0.5, 0.6) is 0 Å². The van der Waals surface area contributed by atoms with Crippen molar-refractivity contribution in [3.63, 3.8) is 0 Å². The molecule has 8 nitrogen and oxygen atoms in total. The van der Waals surface area contributed by atoms with Crippen LogP contribution in [0.25, 0.3) is 0 Å². The van der Waals surface area contributed by atoms with Gasteiger partial charge < -0.3 is 19.3 Å². The van der Waals surface area contributed by atoms with Crippen LogP contribution in [0.3, 0.4) is 0 Å². The molecular weight excluding hydrogens is 498 g/mol. The zero-order valence-corrected chi connectivity index (χ0v) is 22.5. The molecule has 0 radical (unpaired) electrons. The first kappa shape index (κ1) is 24.1. The van der Waals surface area contributed by atoms with Crippen molar-refractivity contribution in [2.45, 2.75) is 76.5 Å². The zero-order chi connectivity index (χ0) is 27.2. The molecule has 2 unspecified atom stereocenters. The minimum atomic E-state index is -0.709. The van der Waals surface area contributed by atoms with Crippen molar-refractivity contribution in [1.82, 2.24) is 4.90 Å². The van der Waals surface area contributed by atoms with Crippen LogP contribution in [0, 0.1) is 39.9 Å². The van der Waals surface area contributed by atoms with E-state index in [2.05, 4.69) is 18.4 Å². The molecule has 1 aromatic rings. The highest BCUT2D eigenvalue weighted by atomic mass is 16.6. The average Bonchev–Trinajstić information content (AvgIpc) is 3.30. The van der Waals surface area contributed by atoms with Gasteiger partial charge in [-0.2, -0.15) is 0 Å². The molecule has 3 saturated heterocycles. The van der Waals surface area contributed by atoms with Gasteiger partial charge >= 0.3 is 17.9 Å². The van der Waals surface area contributed by atoms with Gasteiger partial charge in [-0.05, 0) is 48.1 Å². The van der Waals surface area contributed by atoms with Crippen molar-refractivity contribution in [2.24, 2.45) is 39.9 Å². The number of carbonyl (C=O) groups is 3. The fraction of sp³-hybridized carbons (Fsp3) is 0.645. The molecule has 6 aliphatic carbocycles. The Balaban J connectivity index is 1.33. The van der Waals surface area contributed by atoms with E-state index in [1.807, 2.05) is 18.2 Å². The van der Waals surface area contributed by atoms with E-state index in [1.54, 1.807) is 12.1 Å². The molecule has 206 valence electrons. The minimum Gasteiger partial charge on any atom is -0.459 e. The summed E-state index contributed by atoms with van der Waals surface area (Å²) in [6.07, 6.45) is -0.258. The van der Waals surface area contributed by atoms with Crippen LogP contribution < -0.4 is 0 Å². The maximum Gasteiger partial charge on any atom is 0.338 e. The molecule has 0 amide bonds. The van der Waals surface area contributed by atoms with Crippen molar-refractivity contribution in [3.8, 4) is 0 Å². The highest BCUT2D eigenvalue weighted by molar-refractivity contribution is 5.89. The van der Waals surface area contributed by atoms with E-state index in [4.69, 9.17) is 14.2 Å². The number of nitrogens with zero attached hydrogens (tertiary/aromatic N) is 1. The summed E-state index contributed by atoms with van der Waals surface area (Å²) in [5.74, 6) is -1.60. The lowest BCUT2D eigenvalue weighted by Crippen LogP contribution is -2.71. The number of esters is 3. The molecule has 1 N–H and O–H groups in total. The third kappa shape index (κ3) is 2.57. The molecule has 9 fully saturated rings. The highest BCUT2D eigenvalue weighted by Gasteiger charge is 2.93. The van der Waals surface area contributed by atoms with Gasteiger partial charge in [0.05, 0.1) is 11.7 Å². The van der Waals surface area contributed by atoms with Gasteiger partial charge in [-0.1, -0.05) is 37.3 Å². The summed E-state index contributed by atoms with van der Waals surface area (Å²) in [6.45, 7) is 10.4. The van der Waals surface area contributed by atoms with E-state index < -0.39 is 47.7 Å². The molecule has 8 heteroatoms. The van der Waals surface area contributed by atoms with Crippen LogP contribution in [-0.2, 0) is 23.8 Å². The average molecular weight is 534 g/mol. The number of ether oxygens (including phenoxy) is 3. The van der Waals surface area contributed by atoms with Crippen LogP contribution in [0.15, 0.2) is 42.5 Å². The largest absolute Gasteiger partial charge is 0.459 e. The van der Waals surface area contributed by atoms with Crippen molar-refractivity contribution >= 4 is 17.9 Å². The lowest BCUT2D eigenvalue weighted by molar-refractivity contribution is -0.253. The molecule has 39 heavy (non-hydrogen) atoms. The Morgan fingerprint density at radius 2 is 1.74 bits per heavy atom. The third-order valence-electron chi connectivity index (χ3n) is 12.1. The molecule has 1 aromatic carbocycles. The smallest absolute Gasteiger partial charge is 0.338 e. The predicted octanol–water partition coefficient (Wildman–Crippen LogP) is 2.74. The van der Waals surface area contributed by atoms with Gasteiger partial charge in [0.25, 0.3) is 0 Å².